The quantitative estimate of drug-likeness (QED) is 0.424. The first-order chi connectivity index (χ1) is 6.35. The minimum atomic E-state index is 0.815. The van der Waals surface area contributed by atoms with Crippen molar-refractivity contribution in [1.29, 1.82) is 0 Å². The summed E-state index contributed by atoms with van der Waals surface area (Å²) in [5, 5.41) is 3.28. The molecule has 0 spiro atoms. The van der Waals surface area contributed by atoms with Crippen LogP contribution in [0.3, 0.4) is 0 Å². The molecule has 0 aliphatic carbocycles. The first kappa shape index (κ1) is 12.6. The summed E-state index contributed by atoms with van der Waals surface area (Å²) in [6, 6.07) is 0. The van der Waals surface area contributed by atoms with Crippen LogP contribution in [-0.4, -0.2) is 51.3 Å². The lowest BCUT2D eigenvalue weighted by atomic mass is 10.4. The summed E-state index contributed by atoms with van der Waals surface area (Å²) < 4.78 is 5.02. The molecule has 0 saturated carbocycles. The van der Waals surface area contributed by atoms with E-state index in [9.17, 15) is 0 Å². The number of nitrogens with zero attached hydrogens (tertiary/aromatic N) is 1. The zero-order valence-electron chi connectivity index (χ0n) is 8.88. The van der Waals surface area contributed by atoms with Crippen LogP contribution in [0.1, 0.15) is 6.92 Å². The third kappa shape index (κ3) is 7.96. The Morgan fingerprint density at radius 3 is 2.77 bits per heavy atom. The van der Waals surface area contributed by atoms with Crippen molar-refractivity contribution in [3.63, 3.8) is 0 Å². The molecular weight excluding hydrogens is 164 g/mol. The normalized spacial score (nSPS) is 10.7. The molecule has 0 bridgehead atoms. The van der Waals surface area contributed by atoms with Gasteiger partial charge in [0.2, 0.25) is 0 Å². The second kappa shape index (κ2) is 9.71. The molecule has 78 valence electrons. The van der Waals surface area contributed by atoms with E-state index in [0.29, 0.717) is 0 Å². The van der Waals surface area contributed by atoms with Gasteiger partial charge in [0.25, 0.3) is 0 Å². The fraction of sp³-hybridized carbons (Fsp3) is 0.800. The second-order valence-electron chi connectivity index (χ2n) is 2.92. The van der Waals surface area contributed by atoms with E-state index in [2.05, 4.69) is 23.7 Å². The van der Waals surface area contributed by atoms with Crippen LogP contribution in [0, 0.1) is 0 Å². The van der Waals surface area contributed by atoms with Crippen LogP contribution in [0.4, 0.5) is 0 Å². The van der Waals surface area contributed by atoms with Crippen molar-refractivity contribution in [2.45, 2.75) is 6.92 Å². The molecule has 0 aromatic carbocycles. The van der Waals surface area contributed by atoms with E-state index < -0.39 is 0 Å². The standard InChI is InChI=1S/C10H22N2O/c1-4-6-11-7-8-12(5-2)9-10-13-3/h4,11H,1,5-10H2,2-3H3. The molecule has 0 radical (unpaired) electrons. The maximum Gasteiger partial charge on any atom is 0.0589 e. The summed E-state index contributed by atoms with van der Waals surface area (Å²) in [6.07, 6.45) is 1.88. The Balaban J connectivity index is 3.30. The van der Waals surface area contributed by atoms with E-state index in [1.807, 2.05) is 6.08 Å². The van der Waals surface area contributed by atoms with Gasteiger partial charge in [-0.25, -0.2) is 0 Å². The predicted molar refractivity (Wildman–Crippen MR) is 57.1 cm³/mol. The number of ether oxygens (including phenoxy) is 1. The average Bonchev–Trinajstić information content (AvgIpc) is 2.17. The Kier molecular flexibility index (Phi) is 9.42. The fourth-order valence-electron chi connectivity index (χ4n) is 1.09. The number of nitrogens with one attached hydrogen (secondary N) is 1. The Morgan fingerprint density at radius 2 is 2.23 bits per heavy atom. The zero-order valence-corrected chi connectivity index (χ0v) is 8.88. The monoisotopic (exact) mass is 186 g/mol. The topological polar surface area (TPSA) is 24.5 Å². The molecule has 0 unspecified atom stereocenters. The average molecular weight is 186 g/mol. The molecule has 0 saturated heterocycles. The molecule has 0 aromatic rings. The predicted octanol–water partition coefficient (Wildman–Crippen LogP) is 0.730. The number of hydrogen-bond donors (Lipinski definition) is 1. The van der Waals surface area contributed by atoms with Crippen molar-refractivity contribution >= 4 is 0 Å². The van der Waals surface area contributed by atoms with Crippen LogP contribution < -0.4 is 5.32 Å². The van der Waals surface area contributed by atoms with Gasteiger partial charge in [-0.15, -0.1) is 6.58 Å². The summed E-state index contributed by atoms with van der Waals surface area (Å²) in [5.74, 6) is 0. The van der Waals surface area contributed by atoms with Crippen molar-refractivity contribution in [2.75, 3.05) is 46.4 Å². The van der Waals surface area contributed by atoms with Gasteiger partial charge >= 0.3 is 0 Å². The van der Waals surface area contributed by atoms with Gasteiger partial charge in [0, 0.05) is 33.3 Å². The second-order valence-corrected chi connectivity index (χ2v) is 2.92. The molecule has 0 rings (SSSR count). The molecule has 3 heteroatoms. The van der Waals surface area contributed by atoms with E-state index in [1.54, 1.807) is 7.11 Å². The Bertz CT molecular complexity index is 117. The van der Waals surface area contributed by atoms with E-state index in [0.717, 1.165) is 39.3 Å². The molecular formula is C10H22N2O. The molecule has 0 aliphatic heterocycles. The van der Waals surface area contributed by atoms with Crippen LogP contribution in [0.2, 0.25) is 0 Å². The van der Waals surface area contributed by atoms with Crippen molar-refractivity contribution in [3.8, 4) is 0 Å². The SMILES string of the molecule is C=CCNCCN(CC)CCOC. The molecule has 0 heterocycles. The molecule has 0 atom stereocenters. The molecule has 13 heavy (non-hydrogen) atoms. The van der Waals surface area contributed by atoms with Gasteiger partial charge in [-0.3, -0.25) is 0 Å². The molecule has 0 aromatic heterocycles. The summed E-state index contributed by atoms with van der Waals surface area (Å²) >= 11 is 0. The largest absolute Gasteiger partial charge is 0.383 e. The molecule has 0 aliphatic rings. The Morgan fingerprint density at radius 1 is 1.46 bits per heavy atom. The van der Waals surface area contributed by atoms with E-state index in [-0.39, 0.29) is 0 Å². The van der Waals surface area contributed by atoms with Crippen LogP contribution in [0.25, 0.3) is 0 Å². The van der Waals surface area contributed by atoms with Crippen molar-refractivity contribution < 1.29 is 4.74 Å². The van der Waals surface area contributed by atoms with Gasteiger partial charge in [-0.1, -0.05) is 13.0 Å². The highest BCUT2D eigenvalue weighted by Crippen LogP contribution is 1.85. The minimum absolute atomic E-state index is 0.815. The van der Waals surface area contributed by atoms with Crippen LogP contribution in [0.15, 0.2) is 12.7 Å². The number of rotatable bonds is 9. The number of likely N-dealkylation sites (N-methyl/N-ethyl adjacent to an activating group) is 1. The lowest BCUT2D eigenvalue weighted by Crippen LogP contribution is -2.34. The van der Waals surface area contributed by atoms with Crippen LogP contribution in [-0.2, 0) is 4.74 Å². The highest BCUT2D eigenvalue weighted by Gasteiger charge is 1.99. The van der Waals surface area contributed by atoms with E-state index >= 15 is 0 Å². The summed E-state index contributed by atoms with van der Waals surface area (Å²) in [4.78, 5) is 2.36. The maximum absolute atomic E-state index is 5.02. The third-order valence-electron chi connectivity index (χ3n) is 1.95. The first-order valence-corrected chi connectivity index (χ1v) is 4.88. The van der Waals surface area contributed by atoms with E-state index in [1.165, 1.54) is 0 Å². The lowest BCUT2D eigenvalue weighted by Gasteiger charge is -2.19. The fourth-order valence-corrected chi connectivity index (χ4v) is 1.09. The van der Waals surface area contributed by atoms with Crippen LogP contribution in [0.5, 0.6) is 0 Å². The summed E-state index contributed by atoms with van der Waals surface area (Å²) in [7, 11) is 1.74. The number of hydrogen-bond acceptors (Lipinski definition) is 3. The lowest BCUT2D eigenvalue weighted by molar-refractivity contribution is 0.151. The van der Waals surface area contributed by atoms with Crippen molar-refractivity contribution in [2.24, 2.45) is 0 Å². The molecule has 0 fully saturated rings. The molecule has 3 nitrogen and oxygen atoms in total. The van der Waals surface area contributed by atoms with Crippen LogP contribution >= 0.6 is 0 Å². The zero-order chi connectivity index (χ0) is 9.94. The third-order valence-corrected chi connectivity index (χ3v) is 1.95. The van der Waals surface area contributed by atoms with Crippen molar-refractivity contribution in [1.82, 2.24) is 10.2 Å². The maximum atomic E-state index is 5.02. The Hall–Kier alpha value is -0.380. The van der Waals surface area contributed by atoms with Crippen molar-refractivity contribution in [3.05, 3.63) is 12.7 Å². The van der Waals surface area contributed by atoms with E-state index in [4.69, 9.17) is 4.74 Å². The minimum Gasteiger partial charge on any atom is -0.383 e. The summed E-state index contributed by atoms with van der Waals surface area (Å²) in [5.41, 5.74) is 0. The van der Waals surface area contributed by atoms with Gasteiger partial charge in [0.15, 0.2) is 0 Å². The summed E-state index contributed by atoms with van der Waals surface area (Å²) in [6.45, 7) is 11.7. The first-order valence-electron chi connectivity index (χ1n) is 4.88. The van der Waals surface area contributed by atoms with Gasteiger partial charge in [-0.2, -0.15) is 0 Å². The van der Waals surface area contributed by atoms with Gasteiger partial charge in [0.1, 0.15) is 0 Å². The Labute approximate surface area is 81.8 Å². The van der Waals surface area contributed by atoms with Gasteiger partial charge in [0.05, 0.1) is 6.61 Å². The highest BCUT2D eigenvalue weighted by atomic mass is 16.5. The molecule has 0 amide bonds. The molecule has 1 N–H and O–H groups in total. The smallest absolute Gasteiger partial charge is 0.0589 e. The highest BCUT2D eigenvalue weighted by molar-refractivity contribution is 4.70. The number of methoxy groups -OCH3 is 1. The van der Waals surface area contributed by atoms with Gasteiger partial charge in [-0.05, 0) is 6.54 Å². The van der Waals surface area contributed by atoms with Gasteiger partial charge < -0.3 is 15.0 Å².